The van der Waals surface area contributed by atoms with Gasteiger partial charge in [-0.3, -0.25) is 10.1 Å². The van der Waals surface area contributed by atoms with E-state index in [9.17, 15) is 46.0 Å². The average molecular weight is 815 g/mol. The molecule has 20 heteroatoms. The zero-order chi connectivity index (χ0) is 35.6. The lowest BCUT2D eigenvalue weighted by Crippen LogP contribution is -2.44. The van der Waals surface area contributed by atoms with Crippen molar-refractivity contribution in [1.29, 1.82) is 0 Å². The molecule has 2 saturated carbocycles. The van der Waals surface area contributed by atoms with Gasteiger partial charge >= 0.3 is 24.5 Å². The monoisotopic (exact) mass is 813 g/mol. The van der Waals surface area contributed by atoms with Crippen LogP contribution in [0.2, 0.25) is 0 Å². The van der Waals surface area contributed by atoms with E-state index in [4.69, 9.17) is 10.5 Å². The van der Waals surface area contributed by atoms with E-state index in [0.717, 1.165) is 38.1 Å². The first-order valence-electron chi connectivity index (χ1n) is 13.8. The Bertz CT molecular complexity index is 1520. The average Bonchev–Trinajstić information content (AvgIpc) is 3.95. The van der Waals surface area contributed by atoms with Gasteiger partial charge in [0, 0.05) is 42.2 Å². The standard InChI is InChI=1S/C11H11BrF3N3O.C10H10N2O4.C7H6BrF3N2/c12-8-4-1-6(5-16-8)9(11(13,14)15)18-10(19)17-7-2-3-7;13-10(11-7-1-2-7)16-9-5-3-8(4-6-9)12(14)15;8-5-2-1-4(3-13-5)6(12)7(9,10)11/h1,4-5,7,9H,2-3H2,(H2,17,18,19);3-7H,1-2H2,(H,11,13);1-3,6H,12H2. The smallest absolute Gasteiger partial charge is 0.410 e. The topological polar surface area (TPSA) is 174 Å². The molecule has 260 valence electrons. The number of nitrogens with one attached hydrogen (secondary N) is 3. The number of carbonyl (C=O) groups excluding carboxylic acids is 2. The van der Waals surface area contributed by atoms with Gasteiger partial charge in [-0.25, -0.2) is 19.6 Å². The molecule has 2 aliphatic rings. The van der Waals surface area contributed by atoms with Crippen molar-refractivity contribution in [3.63, 3.8) is 0 Å². The molecule has 0 bridgehead atoms. The highest BCUT2D eigenvalue weighted by Gasteiger charge is 2.42. The second-order valence-corrected chi connectivity index (χ2v) is 11.9. The molecule has 2 aromatic heterocycles. The summed E-state index contributed by atoms with van der Waals surface area (Å²) in [5.74, 6) is 0.295. The third kappa shape index (κ3) is 13.6. The first kappa shape index (κ1) is 38.4. The summed E-state index contributed by atoms with van der Waals surface area (Å²) in [6, 6.07) is 6.13. The molecule has 2 aliphatic carbocycles. The van der Waals surface area contributed by atoms with Crippen molar-refractivity contribution >= 4 is 49.7 Å². The summed E-state index contributed by atoms with van der Waals surface area (Å²) in [5, 5.41) is 17.4. The van der Waals surface area contributed by atoms with Crippen LogP contribution in [0, 0.1) is 10.1 Å². The van der Waals surface area contributed by atoms with Gasteiger partial charge in [0.05, 0.1) is 4.92 Å². The van der Waals surface area contributed by atoms with Crippen molar-refractivity contribution in [2.75, 3.05) is 0 Å². The molecule has 5 rings (SSSR count). The van der Waals surface area contributed by atoms with Crippen molar-refractivity contribution in [3.8, 4) is 5.75 Å². The molecule has 2 atom stereocenters. The number of ether oxygens (including phenoxy) is 1. The minimum absolute atomic E-state index is 0.00285. The molecule has 5 N–H and O–H groups in total. The van der Waals surface area contributed by atoms with Crippen LogP contribution < -0.4 is 26.4 Å². The summed E-state index contributed by atoms with van der Waals surface area (Å²) in [6.07, 6.45) is -3.75. The number of nitro benzene ring substituents is 1. The molecular weight excluding hydrogens is 788 g/mol. The van der Waals surface area contributed by atoms with E-state index in [1.54, 1.807) is 0 Å². The maximum Gasteiger partial charge on any atom is 0.412 e. The number of benzene rings is 1. The number of hydrogen-bond donors (Lipinski definition) is 4. The van der Waals surface area contributed by atoms with Gasteiger partial charge in [0.15, 0.2) is 6.04 Å². The predicted molar refractivity (Wildman–Crippen MR) is 166 cm³/mol. The van der Waals surface area contributed by atoms with Crippen molar-refractivity contribution in [2.24, 2.45) is 5.73 Å². The number of pyridine rings is 2. The van der Waals surface area contributed by atoms with Crippen molar-refractivity contribution < 1.29 is 45.6 Å². The number of non-ortho nitro benzene ring substituents is 1. The van der Waals surface area contributed by atoms with Gasteiger partial charge < -0.3 is 26.4 Å². The SMILES string of the molecule is NC(c1ccc(Br)nc1)C(F)(F)F.O=C(NC1CC1)NC(c1ccc(Br)nc1)C(F)(F)F.O=C(NC1CC1)Oc1ccc([N+](=O)[O-])cc1. The molecule has 0 aliphatic heterocycles. The number of alkyl halides is 6. The zero-order valence-corrected chi connectivity index (χ0v) is 27.6. The summed E-state index contributed by atoms with van der Waals surface area (Å²) >= 11 is 6.06. The molecule has 0 saturated heterocycles. The summed E-state index contributed by atoms with van der Waals surface area (Å²) in [6.45, 7) is 0. The van der Waals surface area contributed by atoms with Crippen LogP contribution in [0.5, 0.6) is 5.75 Å². The molecule has 0 radical (unpaired) electrons. The van der Waals surface area contributed by atoms with E-state index >= 15 is 0 Å². The molecule has 2 fully saturated rings. The second kappa shape index (κ2) is 16.9. The second-order valence-electron chi connectivity index (χ2n) is 10.3. The molecule has 0 spiro atoms. The summed E-state index contributed by atoms with van der Waals surface area (Å²) < 4.78 is 80.9. The summed E-state index contributed by atoms with van der Waals surface area (Å²) in [4.78, 5) is 39.9. The van der Waals surface area contributed by atoms with E-state index in [1.165, 1.54) is 48.5 Å². The van der Waals surface area contributed by atoms with E-state index in [2.05, 4.69) is 52.5 Å². The highest BCUT2D eigenvalue weighted by atomic mass is 79.9. The first-order valence-corrected chi connectivity index (χ1v) is 15.4. The van der Waals surface area contributed by atoms with E-state index < -0.39 is 41.5 Å². The third-order valence-electron chi connectivity index (χ3n) is 6.22. The van der Waals surface area contributed by atoms with Crippen LogP contribution in [0.25, 0.3) is 0 Å². The van der Waals surface area contributed by atoms with Crippen LogP contribution >= 0.6 is 31.9 Å². The van der Waals surface area contributed by atoms with Gasteiger partial charge in [0.25, 0.3) is 5.69 Å². The maximum absolute atomic E-state index is 12.9. The Labute approximate surface area is 285 Å². The number of halogens is 8. The maximum atomic E-state index is 12.9. The Balaban J connectivity index is 0.000000199. The number of nitrogens with two attached hydrogens (primary N) is 1. The molecule has 48 heavy (non-hydrogen) atoms. The summed E-state index contributed by atoms with van der Waals surface area (Å²) in [7, 11) is 0. The number of carbonyl (C=O) groups is 2. The lowest BCUT2D eigenvalue weighted by Gasteiger charge is -2.22. The number of rotatable bonds is 7. The number of amides is 3. The molecule has 2 heterocycles. The van der Waals surface area contributed by atoms with Crippen LogP contribution in [0.1, 0.15) is 48.9 Å². The van der Waals surface area contributed by atoms with E-state index in [0.29, 0.717) is 15.0 Å². The number of aromatic nitrogens is 2. The van der Waals surface area contributed by atoms with Crippen LogP contribution in [-0.2, 0) is 0 Å². The third-order valence-corrected chi connectivity index (χ3v) is 7.16. The minimum atomic E-state index is -4.57. The fourth-order valence-corrected chi connectivity index (χ4v) is 3.89. The normalized spacial score (nSPS) is 15.3. The highest BCUT2D eigenvalue weighted by Crippen LogP contribution is 2.33. The number of nitrogens with zero attached hydrogens (tertiary/aromatic N) is 3. The lowest BCUT2D eigenvalue weighted by atomic mass is 10.1. The Hall–Kier alpha value is -4.04. The summed E-state index contributed by atoms with van der Waals surface area (Å²) in [5.41, 5.74) is 4.75. The van der Waals surface area contributed by atoms with Gasteiger partial charge in [-0.2, -0.15) is 26.3 Å². The quantitative estimate of drug-likeness (QED) is 0.0842. The Morgan fingerprint density at radius 3 is 1.75 bits per heavy atom. The molecule has 1 aromatic carbocycles. The molecule has 2 unspecified atom stereocenters. The number of nitro groups is 1. The van der Waals surface area contributed by atoms with Gasteiger partial charge in [-0.05, 0) is 87.4 Å². The molecular formula is C28H27Br2F6N7O5. The van der Waals surface area contributed by atoms with Crippen molar-refractivity contribution in [1.82, 2.24) is 25.9 Å². The zero-order valence-electron chi connectivity index (χ0n) is 24.4. The van der Waals surface area contributed by atoms with E-state index in [-0.39, 0.29) is 28.9 Å². The highest BCUT2D eigenvalue weighted by molar-refractivity contribution is 9.10. The van der Waals surface area contributed by atoms with Crippen molar-refractivity contribution in [2.45, 2.75) is 62.2 Å². The van der Waals surface area contributed by atoms with Crippen LogP contribution in [-0.4, -0.2) is 51.5 Å². The molecule has 3 amide bonds. The molecule has 12 nitrogen and oxygen atoms in total. The van der Waals surface area contributed by atoms with Crippen LogP contribution in [0.3, 0.4) is 0 Å². The molecule has 3 aromatic rings. The predicted octanol–water partition coefficient (Wildman–Crippen LogP) is 7.16. The largest absolute Gasteiger partial charge is 0.412 e. The Morgan fingerprint density at radius 2 is 1.33 bits per heavy atom. The van der Waals surface area contributed by atoms with Gasteiger partial charge in [0.1, 0.15) is 21.0 Å². The van der Waals surface area contributed by atoms with Crippen LogP contribution in [0.4, 0.5) is 41.6 Å². The van der Waals surface area contributed by atoms with Gasteiger partial charge in [-0.15, -0.1) is 0 Å². The Morgan fingerprint density at radius 1 is 0.833 bits per heavy atom. The van der Waals surface area contributed by atoms with Gasteiger partial charge in [0.2, 0.25) is 0 Å². The lowest BCUT2D eigenvalue weighted by molar-refractivity contribution is -0.384. The number of urea groups is 1. The van der Waals surface area contributed by atoms with Gasteiger partial charge in [-0.1, -0.05) is 12.1 Å². The minimum Gasteiger partial charge on any atom is -0.410 e. The Kier molecular flexibility index (Phi) is 13.5. The number of hydrogen-bond acceptors (Lipinski definition) is 8. The van der Waals surface area contributed by atoms with Crippen LogP contribution in [0.15, 0.2) is 70.1 Å². The fourth-order valence-electron chi connectivity index (χ4n) is 3.42. The van der Waals surface area contributed by atoms with E-state index in [1.807, 2.05) is 5.32 Å². The van der Waals surface area contributed by atoms with Crippen molar-refractivity contribution in [3.05, 3.63) is 91.4 Å². The fraction of sp³-hybridized carbons (Fsp3) is 0.357. The first-order chi connectivity index (χ1) is 22.4.